The number of rotatable bonds is 3. The fraction of sp³-hybridized carbons (Fsp3) is 0.632. The van der Waals surface area contributed by atoms with Gasteiger partial charge in [0.1, 0.15) is 0 Å². The van der Waals surface area contributed by atoms with Gasteiger partial charge in [-0.3, -0.25) is 5.92 Å². The molecule has 3 aliphatic heterocycles. The first-order valence-corrected chi connectivity index (χ1v) is 9.16. The van der Waals surface area contributed by atoms with Crippen molar-refractivity contribution in [1.29, 1.82) is 0 Å². The number of nitrogens with zero attached hydrogens (tertiary/aromatic N) is 1. The fourth-order valence-electron chi connectivity index (χ4n) is 4.60. The third-order valence-electron chi connectivity index (χ3n) is 6.15. The van der Waals surface area contributed by atoms with E-state index in [9.17, 15) is 10.2 Å². The van der Waals surface area contributed by atoms with Gasteiger partial charge >= 0.3 is 0 Å². The number of hydrogen-bond donors (Lipinski definition) is 4. The normalized spacial score (nSPS) is 31.2. The van der Waals surface area contributed by atoms with Gasteiger partial charge < -0.3 is 25.7 Å². The van der Waals surface area contributed by atoms with E-state index in [-0.39, 0.29) is 31.9 Å². The van der Waals surface area contributed by atoms with Crippen LogP contribution >= 0.6 is 0 Å². The molecule has 4 N–H and O–H groups in total. The number of aliphatic hydroxyl groups excluding tert-OH is 2. The largest absolute Gasteiger partial charge is 0.424 e. The van der Waals surface area contributed by atoms with Crippen LogP contribution in [-0.2, 0) is 25.8 Å². The Hall–Kier alpha value is -0.478. The standard InChI is InChI=1S/C19H28N3O2.Re/c23-17(14-5-8-20-9-6-14)11-22-10-7-19(18(24)12-22)13-21-16-4-2-1-3-15(16)19;/h1-4,17-18,20-21,23-24H,5-13H2;/q-1;. The number of aliphatic hydroxyl groups is 2. The van der Waals surface area contributed by atoms with Crippen molar-refractivity contribution in [2.45, 2.75) is 36.9 Å². The van der Waals surface area contributed by atoms with Crippen LogP contribution in [0, 0.1) is 5.92 Å². The molecule has 1 radical (unpaired) electrons. The molecule has 3 atom stereocenters. The maximum absolute atomic E-state index is 10.9. The quantitative estimate of drug-likeness (QED) is 0.447. The third kappa shape index (κ3) is 3.67. The van der Waals surface area contributed by atoms with Gasteiger partial charge in [-0.05, 0) is 44.2 Å². The molecular weight excluding hydrogens is 488 g/mol. The minimum absolute atomic E-state index is 0. The predicted octanol–water partition coefficient (Wildman–Crippen LogP) is 0.733. The number of para-hydroxylation sites is 1. The van der Waals surface area contributed by atoms with Crippen molar-refractivity contribution >= 4 is 5.69 Å². The van der Waals surface area contributed by atoms with Gasteiger partial charge in [-0.15, -0.1) is 0 Å². The molecule has 1 aromatic rings. The third-order valence-corrected chi connectivity index (χ3v) is 6.15. The Labute approximate surface area is 163 Å². The number of likely N-dealkylation sites (tertiary alicyclic amines) is 1. The number of benzene rings is 1. The Bertz CT molecular complexity index is 582. The molecule has 2 saturated heterocycles. The molecule has 0 saturated carbocycles. The molecule has 5 nitrogen and oxygen atoms in total. The van der Waals surface area contributed by atoms with Crippen molar-refractivity contribution < 1.29 is 30.6 Å². The second-order valence-corrected chi connectivity index (χ2v) is 7.50. The minimum atomic E-state index is -0.396. The molecule has 139 valence electrons. The summed E-state index contributed by atoms with van der Waals surface area (Å²) in [5, 5.41) is 28.2. The minimum Gasteiger partial charge on any atom is -0.424 e. The van der Waals surface area contributed by atoms with E-state index in [2.05, 4.69) is 33.7 Å². The van der Waals surface area contributed by atoms with Crippen LogP contribution < -0.4 is 10.6 Å². The summed E-state index contributed by atoms with van der Waals surface area (Å²) in [5.74, 6) is 1.26. The van der Waals surface area contributed by atoms with E-state index in [1.54, 1.807) is 0 Å². The van der Waals surface area contributed by atoms with Crippen molar-refractivity contribution in [3.8, 4) is 0 Å². The molecule has 2 fully saturated rings. The van der Waals surface area contributed by atoms with Crippen LogP contribution in [0.25, 0.3) is 0 Å². The average Bonchev–Trinajstić information content (AvgIpc) is 2.99. The van der Waals surface area contributed by atoms with Gasteiger partial charge in [-0.25, -0.2) is 0 Å². The molecule has 0 aromatic heterocycles. The summed E-state index contributed by atoms with van der Waals surface area (Å²) < 4.78 is 0. The summed E-state index contributed by atoms with van der Waals surface area (Å²) >= 11 is 0. The number of piperidine rings is 2. The SMILES string of the molecule is OC(CN1CCC2(CNc3ccccc32)C(O)C1)[C-]1CCNCC1.[Re]. The van der Waals surface area contributed by atoms with Crippen LogP contribution in [0.4, 0.5) is 5.69 Å². The van der Waals surface area contributed by atoms with Crippen molar-refractivity contribution in [3.63, 3.8) is 0 Å². The van der Waals surface area contributed by atoms with Gasteiger partial charge in [-0.1, -0.05) is 24.3 Å². The number of fused-ring (bicyclic) bond motifs is 2. The second kappa shape index (κ2) is 8.04. The van der Waals surface area contributed by atoms with Crippen LogP contribution in [0.5, 0.6) is 0 Å². The van der Waals surface area contributed by atoms with E-state index in [1.165, 1.54) is 11.5 Å². The summed E-state index contributed by atoms with van der Waals surface area (Å²) in [7, 11) is 0. The Morgan fingerprint density at radius 3 is 2.80 bits per heavy atom. The second-order valence-electron chi connectivity index (χ2n) is 7.50. The van der Waals surface area contributed by atoms with Crippen molar-refractivity contribution in [2.24, 2.45) is 0 Å². The molecular formula is C19H28N3O2Re-. The monoisotopic (exact) mass is 517 g/mol. The summed E-state index contributed by atoms with van der Waals surface area (Å²) in [4.78, 5) is 2.23. The van der Waals surface area contributed by atoms with Gasteiger partial charge in [0.2, 0.25) is 0 Å². The molecule has 1 spiro atoms. The zero-order chi connectivity index (χ0) is 16.6. The van der Waals surface area contributed by atoms with Gasteiger partial charge in [0.05, 0.1) is 6.10 Å². The summed E-state index contributed by atoms with van der Waals surface area (Å²) in [6, 6.07) is 8.35. The molecule has 3 aliphatic rings. The van der Waals surface area contributed by atoms with Gasteiger partial charge in [0, 0.05) is 44.6 Å². The van der Waals surface area contributed by atoms with Crippen molar-refractivity contribution in [3.05, 3.63) is 35.7 Å². The zero-order valence-corrected chi connectivity index (χ0v) is 17.3. The predicted molar refractivity (Wildman–Crippen MR) is 95.0 cm³/mol. The Morgan fingerprint density at radius 1 is 1.28 bits per heavy atom. The number of β-amino-alcohol motifs (C(OH)–C–C–N with tert-alkyl or cyclic N) is 2. The number of anilines is 1. The summed E-state index contributed by atoms with van der Waals surface area (Å²) in [6.07, 6.45) is 2.12. The zero-order valence-electron chi connectivity index (χ0n) is 14.5. The molecule has 6 heteroatoms. The van der Waals surface area contributed by atoms with Crippen LogP contribution in [-0.4, -0.2) is 66.6 Å². The Balaban J connectivity index is 0.00000182. The van der Waals surface area contributed by atoms with Crippen molar-refractivity contribution in [2.75, 3.05) is 44.6 Å². The van der Waals surface area contributed by atoms with Crippen LogP contribution in [0.15, 0.2) is 24.3 Å². The Morgan fingerprint density at radius 2 is 2.04 bits per heavy atom. The van der Waals surface area contributed by atoms with E-state index >= 15 is 0 Å². The van der Waals surface area contributed by atoms with Crippen molar-refractivity contribution in [1.82, 2.24) is 10.2 Å². The molecule has 3 heterocycles. The van der Waals surface area contributed by atoms with E-state index < -0.39 is 6.10 Å². The smallest absolute Gasteiger partial charge is 0.0781 e. The van der Waals surface area contributed by atoms with E-state index in [0.717, 1.165) is 51.1 Å². The van der Waals surface area contributed by atoms with E-state index in [1.807, 2.05) is 6.07 Å². The van der Waals surface area contributed by atoms with E-state index in [4.69, 9.17) is 0 Å². The summed E-state index contributed by atoms with van der Waals surface area (Å²) in [5.41, 5.74) is 2.25. The molecule has 1 aromatic carbocycles. The maximum Gasteiger partial charge on any atom is 0.0781 e. The topological polar surface area (TPSA) is 67.8 Å². The average molecular weight is 517 g/mol. The molecule has 0 bridgehead atoms. The number of hydrogen-bond acceptors (Lipinski definition) is 5. The van der Waals surface area contributed by atoms with Gasteiger partial charge in [0.15, 0.2) is 0 Å². The molecule has 0 aliphatic carbocycles. The number of nitrogens with one attached hydrogen (secondary N) is 2. The van der Waals surface area contributed by atoms with E-state index in [0.29, 0.717) is 13.1 Å². The van der Waals surface area contributed by atoms with Crippen LogP contribution in [0.2, 0.25) is 0 Å². The first kappa shape index (κ1) is 19.3. The van der Waals surface area contributed by atoms with Crippen LogP contribution in [0.3, 0.4) is 0 Å². The molecule has 25 heavy (non-hydrogen) atoms. The van der Waals surface area contributed by atoms with Gasteiger partial charge in [-0.2, -0.15) is 12.8 Å². The first-order chi connectivity index (χ1) is 11.7. The maximum atomic E-state index is 10.9. The molecule has 3 unspecified atom stereocenters. The van der Waals surface area contributed by atoms with Crippen LogP contribution in [0.1, 0.15) is 24.8 Å². The first-order valence-electron chi connectivity index (χ1n) is 9.16. The molecule has 0 amide bonds. The van der Waals surface area contributed by atoms with Gasteiger partial charge in [0.25, 0.3) is 0 Å². The summed E-state index contributed by atoms with van der Waals surface area (Å²) in [6.45, 7) is 4.97. The Kier molecular flexibility index (Phi) is 6.20. The fourth-order valence-corrected chi connectivity index (χ4v) is 4.60. The molecule has 4 rings (SSSR count).